The predicted molar refractivity (Wildman–Crippen MR) is 94.1 cm³/mol. The highest BCUT2D eigenvalue weighted by molar-refractivity contribution is 5.75. The molecule has 6 heteroatoms. The lowest BCUT2D eigenvalue weighted by Gasteiger charge is -2.20. The predicted octanol–water partition coefficient (Wildman–Crippen LogP) is 2.81. The number of hydrogen-bond acceptors (Lipinski definition) is 4. The summed E-state index contributed by atoms with van der Waals surface area (Å²) in [5.41, 5.74) is 4.44. The highest BCUT2D eigenvalue weighted by Gasteiger charge is 2.26. The zero-order valence-corrected chi connectivity index (χ0v) is 14.4. The largest absolute Gasteiger partial charge is 0.465 e. The Morgan fingerprint density at radius 2 is 2.28 bits per heavy atom. The monoisotopic (exact) mass is 338 g/mol. The van der Waals surface area contributed by atoms with Gasteiger partial charge in [-0.3, -0.25) is 9.89 Å². The second-order valence-electron chi connectivity index (χ2n) is 6.63. The summed E-state index contributed by atoms with van der Waals surface area (Å²) in [6.45, 7) is 3.25. The molecule has 1 aliphatic carbocycles. The molecule has 1 atom stereocenters. The fourth-order valence-corrected chi connectivity index (χ4v) is 3.60. The van der Waals surface area contributed by atoms with Crippen molar-refractivity contribution < 1.29 is 9.53 Å². The Kier molecular flexibility index (Phi) is 4.26. The number of nitrogens with one attached hydrogen (secondary N) is 1. The van der Waals surface area contributed by atoms with Crippen LogP contribution < -0.4 is 0 Å². The van der Waals surface area contributed by atoms with Gasteiger partial charge in [0.15, 0.2) is 0 Å². The number of rotatable bonds is 5. The highest BCUT2D eigenvalue weighted by atomic mass is 16.5. The number of carbonyl (C=O) groups excluding carboxylic acids is 1. The van der Waals surface area contributed by atoms with Crippen LogP contribution in [-0.4, -0.2) is 32.3 Å². The molecule has 130 valence electrons. The van der Waals surface area contributed by atoms with Crippen molar-refractivity contribution in [2.24, 2.45) is 5.92 Å². The maximum absolute atomic E-state index is 12.3. The van der Waals surface area contributed by atoms with E-state index >= 15 is 0 Å². The number of aromatic nitrogens is 4. The van der Waals surface area contributed by atoms with Crippen LogP contribution in [-0.2, 0) is 28.9 Å². The number of hydrogen-bond donors (Lipinski definition) is 1. The number of esters is 1. The molecule has 0 radical (unpaired) electrons. The van der Waals surface area contributed by atoms with E-state index in [9.17, 15) is 4.79 Å². The Bertz CT molecular complexity index is 896. The molecule has 25 heavy (non-hydrogen) atoms. The quantitative estimate of drug-likeness (QED) is 0.573. The summed E-state index contributed by atoms with van der Waals surface area (Å²) in [5.74, 6) is 0.850. The lowest BCUT2D eigenvalue weighted by molar-refractivity contribution is -0.149. The van der Waals surface area contributed by atoms with Gasteiger partial charge in [0.2, 0.25) is 0 Å². The number of aryl methyl sites for hydroxylation is 3. The summed E-state index contributed by atoms with van der Waals surface area (Å²) in [6, 6.07) is 8.11. The molecule has 2 heterocycles. The van der Waals surface area contributed by atoms with E-state index in [0.29, 0.717) is 13.0 Å². The maximum Gasteiger partial charge on any atom is 0.309 e. The van der Waals surface area contributed by atoms with Gasteiger partial charge in [0.25, 0.3) is 0 Å². The van der Waals surface area contributed by atoms with Crippen molar-refractivity contribution in [2.45, 2.75) is 39.2 Å². The molecular formula is C19H22N4O2. The van der Waals surface area contributed by atoms with Gasteiger partial charge < -0.3 is 9.30 Å². The molecule has 4 rings (SSSR count). The number of carbonyl (C=O) groups is 1. The van der Waals surface area contributed by atoms with Crippen molar-refractivity contribution in [3.05, 3.63) is 47.5 Å². The van der Waals surface area contributed by atoms with Crippen LogP contribution >= 0.6 is 0 Å². The van der Waals surface area contributed by atoms with Gasteiger partial charge in [-0.05, 0) is 43.9 Å². The molecule has 1 N–H and O–H groups in total. The van der Waals surface area contributed by atoms with Gasteiger partial charge in [-0.1, -0.05) is 12.1 Å². The average Bonchev–Trinajstić information content (AvgIpc) is 3.21. The van der Waals surface area contributed by atoms with Crippen molar-refractivity contribution >= 4 is 17.0 Å². The van der Waals surface area contributed by atoms with Gasteiger partial charge in [0, 0.05) is 18.7 Å². The van der Waals surface area contributed by atoms with Crippen LogP contribution in [0.5, 0.6) is 0 Å². The number of nitrogens with zero attached hydrogens (tertiary/aromatic N) is 3. The van der Waals surface area contributed by atoms with Crippen molar-refractivity contribution in [1.29, 1.82) is 0 Å². The molecule has 0 unspecified atom stereocenters. The molecule has 2 aromatic heterocycles. The molecule has 0 spiro atoms. The van der Waals surface area contributed by atoms with Crippen LogP contribution in [0.4, 0.5) is 0 Å². The van der Waals surface area contributed by atoms with E-state index in [1.165, 1.54) is 5.56 Å². The van der Waals surface area contributed by atoms with Crippen LogP contribution in [0.1, 0.15) is 29.9 Å². The number of H-pyrrole nitrogens is 1. The van der Waals surface area contributed by atoms with Gasteiger partial charge in [0.1, 0.15) is 5.82 Å². The standard InChI is InChI=1S/C19H22N4O2/c1-13-21-16-5-2-3-6-18(16)23(13)9-4-10-25-19(24)14-7-8-15-12-20-22-17(15)11-14/h2-3,5-6,12,14H,4,7-11H2,1H3,(H,20,22)/t14-/m1/s1. The van der Waals surface area contributed by atoms with Crippen molar-refractivity contribution in [1.82, 2.24) is 19.7 Å². The number of para-hydroxylation sites is 2. The van der Waals surface area contributed by atoms with E-state index in [2.05, 4.69) is 25.8 Å². The van der Waals surface area contributed by atoms with Gasteiger partial charge in [-0.25, -0.2) is 4.98 Å². The van der Waals surface area contributed by atoms with E-state index < -0.39 is 0 Å². The zero-order valence-electron chi connectivity index (χ0n) is 14.4. The van der Waals surface area contributed by atoms with E-state index in [4.69, 9.17) is 4.74 Å². The second kappa shape index (κ2) is 6.70. The first-order chi connectivity index (χ1) is 12.2. The molecule has 0 amide bonds. The fraction of sp³-hybridized carbons (Fsp3) is 0.421. The summed E-state index contributed by atoms with van der Waals surface area (Å²) < 4.78 is 7.70. The number of aromatic amines is 1. The summed E-state index contributed by atoms with van der Waals surface area (Å²) in [7, 11) is 0. The van der Waals surface area contributed by atoms with Gasteiger partial charge in [-0.15, -0.1) is 0 Å². The van der Waals surface area contributed by atoms with Gasteiger partial charge in [-0.2, -0.15) is 5.10 Å². The SMILES string of the molecule is Cc1nc2ccccc2n1CCCOC(=O)[C@@H]1CCc2cn[nH]c2C1. The molecule has 0 saturated carbocycles. The van der Waals surface area contributed by atoms with Crippen molar-refractivity contribution in [2.75, 3.05) is 6.61 Å². The molecule has 1 aliphatic rings. The summed E-state index contributed by atoms with van der Waals surface area (Å²) in [5, 5.41) is 7.03. The smallest absolute Gasteiger partial charge is 0.309 e. The van der Waals surface area contributed by atoms with E-state index in [1.54, 1.807) is 0 Å². The van der Waals surface area contributed by atoms with Crippen LogP contribution in [0.25, 0.3) is 11.0 Å². The molecule has 0 aliphatic heterocycles. The third kappa shape index (κ3) is 3.16. The minimum absolute atomic E-state index is 0.0521. The molecule has 0 saturated heterocycles. The first-order valence-electron chi connectivity index (χ1n) is 8.82. The van der Waals surface area contributed by atoms with Crippen molar-refractivity contribution in [3.8, 4) is 0 Å². The molecule has 1 aromatic carbocycles. The number of fused-ring (bicyclic) bond motifs is 2. The van der Waals surface area contributed by atoms with E-state index in [0.717, 1.165) is 48.4 Å². The lowest BCUT2D eigenvalue weighted by Crippen LogP contribution is -2.25. The van der Waals surface area contributed by atoms with Crippen LogP contribution in [0.2, 0.25) is 0 Å². The first kappa shape index (κ1) is 15.9. The Labute approximate surface area is 146 Å². The summed E-state index contributed by atoms with van der Waals surface area (Å²) >= 11 is 0. The minimum atomic E-state index is -0.0903. The Morgan fingerprint density at radius 1 is 1.40 bits per heavy atom. The average molecular weight is 338 g/mol. The number of benzene rings is 1. The minimum Gasteiger partial charge on any atom is -0.465 e. The Morgan fingerprint density at radius 3 is 3.20 bits per heavy atom. The van der Waals surface area contributed by atoms with Crippen LogP contribution in [0, 0.1) is 12.8 Å². The molecule has 0 fully saturated rings. The van der Waals surface area contributed by atoms with Crippen molar-refractivity contribution in [3.63, 3.8) is 0 Å². The van der Waals surface area contributed by atoms with Crippen LogP contribution in [0.3, 0.4) is 0 Å². The normalized spacial score (nSPS) is 16.8. The topological polar surface area (TPSA) is 72.8 Å². The fourth-order valence-electron chi connectivity index (χ4n) is 3.60. The summed E-state index contributed by atoms with van der Waals surface area (Å²) in [4.78, 5) is 16.9. The maximum atomic E-state index is 12.3. The van der Waals surface area contributed by atoms with Gasteiger partial charge >= 0.3 is 5.97 Å². The Hall–Kier alpha value is -2.63. The second-order valence-corrected chi connectivity index (χ2v) is 6.63. The Balaban J connectivity index is 1.29. The molecular weight excluding hydrogens is 316 g/mol. The summed E-state index contributed by atoms with van der Waals surface area (Å²) in [6.07, 6.45) is 5.09. The zero-order chi connectivity index (χ0) is 17.2. The third-order valence-corrected chi connectivity index (χ3v) is 4.97. The molecule has 0 bridgehead atoms. The first-order valence-corrected chi connectivity index (χ1v) is 8.82. The highest BCUT2D eigenvalue weighted by Crippen LogP contribution is 2.24. The number of imidazole rings is 1. The third-order valence-electron chi connectivity index (χ3n) is 4.97. The molecule has 6 nitrogen and oxygen atoms in total. The van der Waals surface area contributed by atoms with E-state index in [-0.39, 0.29) is 11.9 Å². The van der Waals surface area contributed by atoms with E-state index in [1.807, 2.05) is 31.3 Å². The number of ether oxygens (including phenoxy) is 1. The molecule has 3 aromatic rings. The van der Waals surface area contributed by atoms with Gasteiger partial charge in [0.05, 0.1) is 29.8 Å². The van der Waals surface area contributed by atoms with Crippen LogP contribution in [0.15, 0.2) is 30.5 Å². The lowest BCUT2D eigenvalue weighted by atomic mass is 9.88.